The molecule has 2 aromatic rings. The molecule has 0 radical (unpaired) electrons. The molecule has 2 amide bonds. The molecule has 0 saturated heterocycles. The number of hydrogen-bond donors (Lipinski definition) is 3. The number of carbonyl (C=O) groups is 3. The number of rotatable bonds is 6. The number of hydrogen-bond acceptors (Lipinski definition) is 6. The lowest BCUT2D eigenvalue weighted by Crippen LogP contribution is -2.16. The van der Waals surface area contributed by atoms with Gasteiger partial charge in [-0.2, -0.15) is 0 Å². The number of anilines is 2. The summed E-state index contributed by atoms with van der Waals surface area (Å²) in [5.41, 5.74) is 1.69. The summed E-state index contributed by atoms with van der Waals surface area (Å²) in [6.45, 7) is 1.37. The Labute approximate surface area is 166 Å². The van der Waals surface area contributed by atoms with Gasteiger partial charge in [-0.25, -0.2) is 0 Å². The number of nitrogens with one attached hydrogen (secondary N) is 2. The highest BCUT2D eigenvalue weighted by molar-refractivity contribution is 7.19. The van der Waals surface area contributed by atoms with Crippen molar-refractivity contribution < 1.29 is 19.5 Å². The van der Waals surface area contributed by atoms with E-state index < -0.39 is 5.97 Å². The van der Waals surface area contributed by atoms with Crippen molar-refractivity contribution in [3.05, 3.63) is 35.4 Å². The summed E-state index contributed by atoms with van der Waals surface area (Å²) in [6, 6.07) is 7.48. The molecule has 0 unspecified atom stereocenters. The van der Waals surface area contributed by atoms with Crippen LogP contribution < -0.4 is 10.6 Å². The maximum atomic E-state index is 12.4. The van der Waals surface area contributed by atoms with E-state index >= 15 is 0 Å². The van der Waals surface area contributed by atoms with Gasteiger partial charge < -0.3 is 10.4 Å². The first-order valence-corrected chi connectivity index (χ1v) is 9.96. The SMILES string of the molecule is CC(=O)Nc1nnc(NC(=O)c2ccc(C3CCC(CC(=O)O)CC3)cc2)s1. The van der Waals surface area contributed by atoms with Gasteiger partial charge >= 0.3 is 5.97 Å². The molecule has 1 saturated carbocycles. The van der Waals surface area contributed by atoms with Crippen molar-refractivity contribution in [1.82, 2.24) is 10.2 Å². The van der Waals surface area contributed by atoms with Crippen LogP contribution in [0.3, 0.4) is 0 Å². The minimum Gasteiger partial charge on any atom is -0.481 e. The lowest BCUT2D eigenvalue weighted by molar-refractivity contribution is -0.138. The maximum Gasteiger partial charge on any atom is 0.303 e. The van der Waals surface area contributed by atoms with E-state index in [4.69, 9.17) is 5.11 Å². The molecule has 1 fully saturated rings. The van der Waals surface area contributed by atoms with Crippen LogP contribution in [-0.4, -0.2) is 33.1 Å². The van der Waals surface area contributed by atoms with Crippen LogP contribution in [0, 0.1) is 5.92 Å². The van der Waals surface area contributed by atoms with Crippen molar-refractivity contribution >= 4 is 39.4 Å². The number of benzene rings is 1. The Balaban J connectivity index is 1.55. The van der Waals surface area contributed by atoms with Crippen molar-refractivity contribution in [2.45, 2.75) is 44.9 Å². The first-order chi connectivity index (χ1) is 13.4. The summed E-state index contributed by atoms with van der Waals surface area (Å²) >= 11 is 1.09. The number of nitrogens with zero attached hydrogens (tertiary/aromatic N) is 2. The Morgan fingerprint density at radius 3 is 2.21 bits per heavy atom. The van der Waals surface area contributed by atoms with Gasteiger partial charge in [0.25, 0.3) is 5.91 Å². The lowest BCUT2D eigenvalue weighted by Gasteiger charge is -2.28. The van der Waals surface area contributed by atoms with Gasteiger partial charge in [0, 0.05) is 18.9 Å². The van der Waals surface area contributed by atoms with Gasteiger partial charge in [0.15, 0.2) is 0 Å². The van der Waals surface area contributed by atoms with Gasteiger partial charge in [-0.3, -0.25) is 19.7 Å². The second-order valence-corrected chi connectivity index (χ2v) is 7.96. The minimum absolute atomic E-state index is 0.249. The van der Waals surface area contributed by atoms with Gasteiger partial charge in [0.05, 0.1) is 0 Å². The van der Waals surface area contributed by atoms with Crippen molar-refractivity contribution in [3.63, 3.8) is 0 Å². The Bertz CT molecular complexity index is 857. The van der Waals surface area contributed by atoms with Crippen LogP contribution in [0.4, 0.5) is 10.3 Å². The Morgan fingerprint density at radius 1 is 1.04 bits per heavy atom. The molecule has 0 aliphatic heterocycles. The summed E-state index contributed by atoms with van der Waals surface area (Å²) in [6.07, 6.45) is 4.04. The van der Waals surface area contributed by atoms with E-state index in [1.54, 1.807) is 12.1 Å². The van der Waals surface area contributed by atoms with Gasteiger partial charge in [-0.05, 0) is 55.2 Å². The fourth-order valence-electron chi connectivity index (χ4n) is 3.50. The first-order valence-electron chi connectivity index (χ1n) is 9.15. The molecule has 8 nitrogen and oxygen atoms in total. The van der Waals surface area contributed by atoms with Gasteiger partial charge in [-0.15, -0.1) is 10.2 Å². The minimum atomic E-state index is -0.724. The molecule has 1 aliphatic carbocycles. The Hall–Kier alpha value is -2.81. The quantitative estimate of drug-likeness (QED) is 0.680. The molecule has 3 rings (SSSR count). The molecule has 1 heterocycles. The first kappa shape index (κ1) is 19.9. The van der Waals surface area contributed by atoms with E-state index in [0.29, 0.717) is 21.7 Å². The van der Waals surface area contributed by atoms with E-state index in [-0.39, 0.29) is 24.2 Å². The van der Waals surface area contributed by atoms with Gasteiger partial charge in [0.2, 0.25) is 16.2 Å². The molecule has 148 valence electrons. The number of aliphatic carboxylic acids is 1. The third-order valence-electron chi connectivity index (χ3n) is 4.88. The van der Waals surface area contributed by atoms with Crippen LogP contribution in [0.1, 0.15) is 60.9 Å². The van der Waals surface area contributed by atoms with E-state index in [0.717, 1.165) is 37.0 Å². The van der Waals surface area contributed by atoms with Gasteiger partial charge in [0.1, 0.15) is 0 Å². The molecule has 1 aromatic heterocycles. The number of aromatic nitrogens is 2. The van der Waals surface area contributed by atoms with Crippen LogP contribution in [-0.2, 0) is 9.59 Å². The number of carboxylic acids is 1. The largest absolute Gasteiger partial charge is 0.481 e. The second-order valence-electron chi connectivity index (χ2n) is 6.99. The number of amides is 2. The Kier molecular flexibility index (Phi) is 6.35. The van der Waals surface area contributed by atoms with E-state index in [9.17, 15) is 14.4 Å². The third-order valence-corrected chi connectivity index (χ3v) is 5.64. The van der Waals surface area contributed by atoms with Crippen LogP contribution in [0.2, 0.25) is 0 Å². The molecular weight excluding hydrogens is 380 g/mol. The van der Waals surface area contributed by atoms with Crippen molar-refractivity contribution in [2.24, 2.45) is 5.92 Å². The standard InChI is InChI=1S/C19H22N4O4S/c1-11(24)20-18-22-23-19(28-18)21-17(27)15-8-6-14(7-9-15)13-4-2-12(3-5-13)10-16(25)26/h6-9,12-13H,2-5,10H2,1H3,(H,25,26)(H,20,22,24)(H,21,23,27). The van der Waals surface area contributed by atoms with Crippen LogP contribution in [0.15, 0.2) is 24.3 Å². The zero-order chi connectivity index (χ0) is 20.1. The van der Waals surface area contributed by atoms with Crippen LogP contribution in [0.5, 0.6) is 0 Å². The average molecular weight is 402 g/mol. The third kappa shape index (κ3) is 5.35. The molecule has 1 aliphatic rings. The summed E-state index contributed by atoms with van der Waals surface area (Å²) in [5.74, 6) is -0.582. The lowest BCUT2D eigenvalue weighted by atomic mass is 9.77. The predicted molar refractivity (Wildman–Crippen MR) is 106 cm³/mol. The monoisotopic (exact) mass is 402 g/mol. The molecule has 0 bridgehead atoms. The molecule has 0 spiro atoms. The van der Waals surface area contributed by atoms with E-state index in [2.05, 4.69) is 20.8 Å². The smallest absolute Gasteiger partial charge is 0.303 e. The fourth-order valence-corrected chi connectivity index (χ4v) is 4.18. The normalized spacial score (nSPS) is 19.0. The molecule has 1 aromatic carbocycles. The summed E-state index contributed by atoms with van der Waals surface area (Å²) in [5, 5.41) is 22.4. The average Bonchev–Trinajstić information content (AvgIpc) is 3.08. The highest BCUT2D eigenvalue weighted by atomic mass is 32.1. The summed E-state index contributed by atoms with van der Waals surface area (Å²) in [4.78, 5) is 34.2. The van der Waals surface area contributed by atoms with Crippen LogP contribution in [0.25, 0.3) is 0 Å². The molecule has 3 N–H and O–H groups in total. The van der Waals surface area contributed by atoms with Crippen molar-refractivity contribution in [3.8, 4) is 0 Å². The summed E-state index contributed by atoms with van der Waals surface area (Å²) in [7, 11) is 0. The molecular formula is C19H22N4O4S. The van der Waals surface area contributed by atoms with Crippen molar-refractivity contribution in [2.75, 3.05) is 10.6 Å². The van der Waals surface area contributed by atoms with Crippen LogP contribution >= 0.6 is 11.3 Å². The number of carboxylic acid groups (broad SMARTS) is 1. The number of carbonyl (C=O) groups excluding carboxylic acids is 2. The zero-order valence-corrected chi connectivity index (χ0v) is 16.3. The van der Waals surface area contributed by atoms with Crippen molar-refractivity contribution in [1.29, 1.82) is 0 Å². The summed E-state index contributed by atoms with van der Waals surface area (Å²) < 4.78 is 0. The van der Waals surface area contributed by atoms with Gasteiger partial charge in [-0.1, -0.05) is 23.5 Å². The highest BCUT2D eigenvalue weighted by Crippen LogP contribution is 2.37. The zero-order valence-electron chi connectivity index (χ0n) is 15.5. The topological polar surface area (TPSA) is 121 Å². The highest BCUT2D eigenvalue weighted by Gasteiger charge is 2.24. The fraction of sp³-hybridized carbons (Fsp3) is 0.421. The molecule has 0 atom stereocenters. The Morgan fingerprint density at radius 2 is 1.64 bits per heavy atom. The molecule has 9 heteroatoms. The predicted octanol–water partition coefficient (Wildman–Crippen LogP) is 3.50. The van der Waals surface area contributed by atoms with E-state index in [1.807, 2.05) is 12.1 Å². The second kappa shape index (κ2) is 8.92. The molecule has 28 heavy (non-hydrogen) atoms. The van der Waals surface area contributed by atoms with E-state index in [1.165, 1.54) is 12.5 Å². The maximum absolute atomic E-state index is 12.4.